The molecule has 1 rings (SSSR count). The van der Waals surface area contributed by atoms with E-state index >= 15 is 0 Å². The smallest absolute Gasteiger partial charge is 0.338 e. The number of carboxylic acids is 1. The molecular weight excluding hydrogens is 288 g/mol. The van der Waals surface area contributed by atoms with Crippen LogP contribution in [0.15, 0.2) is 36.4 Å². The third-order valence-electron chi connectivity index (χ3n) is 2.72. The van der Waals surface area contributed by atoms with Gasteiger partial charge in [-0.1, -0.05) is 6.58 Å². The van der Waals surface area contributed by atoms with E-state index in [0.717, 1.165) is 0 Å². The molecule has 0 aliphatic carbocycles. The number of rotatable bonds is 8. The van der Waals surface area contributed by atoms with E-state index in [0.29, 0.717) is 24.0 Å². The largest absolute Gasteiger partial charge is 0.478 e. The Hall–Kier alpha value is -2.63. The highest BCUT2D eigenvalue weighted by Crippen LogP contribution is 2.06. The summed E-state index contributed by atoms with van der Waals surface area (Å²) >= 11 is 0. The molecule has 0 aliphatic heterocycles. The Kier molecular flexibility index (Phi) is 6.82. The average molecular weight is 306 g/mol. The van der Waals surface area contributed by atoms with Crippen molar-refractivity contribution in [2.45, 2.75) is 19.8 Å². The summed E-state index contributed by atoms with van der Waals surface area (Å²) < 4.78 is 9.93. The third kappa shape index (κ3) is 5.78. The Morgan fingerprint density at radius 1 is 1.00 bits per heavy atom. The topological polar surface area (TPSA) is 89.9 Å². The predicted octanol–water partition coefficient (Wildman–Crippen LogP) is 2.44. The molecule has 1 aromatic carbocycles. The SMILES string of the molecule is C=C(C)C(=O)OCCCCOC(=O)c1ccc(C(=O)O)cc1. The van der Waals surface area contributed by atoms with Gasteiger partial charge in [0.15, 0.2) is 0 Å². The van der Waals surface area contributed by atoms with Crippen molar-refractivity contribution >= 4 is 17.9 Å². The fraction of sp³-hybridized carbons (Fsp3) is 0.312. The standard InChI is InChI=1S/C16H18O6/c1-11(2)15(19)21-9-3-4-10-22-16(20)13-7-5-12(6-8-13)14(17)18/h5-8H,1,3-4,9-10H2,2H3,(H,17,18). The van der Waals surface area contributed by atoms with E-state index in [1.54, 1.807) is 6.92 Å². The number of unbranched alkanes of at least 4 members (excludes halogenated alkanes) is 1. The van der Waals surface area contributed by atoms with Crippen molar-refractivity contribution in [3.05, 3.63) is 47.5 Å². The fourth-order valence-electron chi connectivity index (χ4n) is 1.49. The van der Waals surface area contributed by atoms with Crippen LogP contribution >= 0.6 is 0 Å². The molecule has 0 saturated heterocycles. The first-order chi connectivity index (χ1) is 10.4. The number of aromatic carboxylic acids is 1. The molecule has 0 heterocycles. The van der Waals surface area contributed by atoms with Crippen LogP contribution in [0, 0.1) is 0 Å². The number of carbonyl (C=O) groups excluding carboxylic acids is 2. The number of benzene rings is 1. The molecule has 0 bridgehead atoms. The summed E-state index contributed by atoms with van der Waals surface area (Å²) in [4.78, 5) is 33.5. The molecule has 0 saturated carbocycles. The van der Waals surface area contributed by atoms with E-state index in [-0.39, 0.29) is 18.8 Å². The number of hydrogen-bond acceptors (Lipinski definition) is 5. The minimum Gasteiger partial charge on any atom is -0.478 e. The molecule has 0 aliphatic rings. The molecule has 0 unspecified atom stereocenters. The van der Waals surface area contributed by atoms with E-state index in [9.17, 15) is 14.4 Å². The lowest BCUT2D eigenvalue weighted by Crippen LogP contribution is -2.09. The van der Waals surface area contributed by atoms with Gasteiger partial charge in [-0.25, -0.2) is 14.4 Å². The van der Waals surface area contributed by atoms with E-state index in [2.05, 4.69) is 6.58 Å². The van der Waals surface area contributed by atoms with Crippen LogP contribution in [-0.4, -0.2) is 36.2 Å². The second-order valence-corrected chi connectivity index (χ2v) is 4.64. The summed E-state index contributed by atoms with van der Waals surface area (Å²) in [5, 5.41) is 8.75. The molecular formula is C16H18O6. The molecule has 0 spiro atoms. The van der Waals surface area contributed by atoms with E-state index in [1.165, 1.54) is 24.3 Å². The Morgan fingerprint density at radius 3 is 2.00 bits per heavy atom. The second-order valence-electron chi connectivity index (χ2n) is 4.64. The zero-order chi connectivity index (χ0) is 16.5. The summed E-state index contributed by atoms with van der Waals surface area (Å²) in [5.41, 5.74) is 0.742. The van der Waals surface area contributed by atoms with Gasteiger partial charge >= 0.3 is 17.9 Å². The van der Waals surface area contributed by atoms with Crippen molar-refractivity contribution in [1.29, 1.82) is 0 Å². The van der Waals surface area contributed by atoms with Crippen molar-refractivity contribution in [1.82, 2.24) is 0 Å². The lowest BCUT2D eigenvalue weighted by Gasteiger charge is -2.06. The number of ether oxygens (including phenoxy) is 2. The minimum absolute atomic E-state index is 0.107. The molecule has 0 aromatic heterocycles. The van der Waals surface area contributed by atoms with Crippen molar-refractivity contribution in [3.63, 3.8) is 0 Å². The Labute approximate surface area is 128 Å². The second kappa shape index (κ2) is 8.61. The van der Waals surface area contributed by atoms with Gasteiger partial charge in [0.25, 0.3) is 0 Å². The van der Waals surface area contributed by atoms with Crippen LogP contribution in [-0.2, 0) is 14.3 Å². The third-order valence-corrected chi connectivity index (χ3v) is 2.72. The van der Waals surface area contributed by atoms with Crippen LogP contribution < -0.4 is 0 Å². The van der Waals surface area contributed by atoms with Gasteiger partial charge in [0.2, 0.25) is 0 Å². The maximum absolute atomic E-state index is 11.7. The molecule has 0 radical (unpaired) electrons. The zero-order valence-electron chi connectivity index (χ0n) is 12.3. The van der Waals surface area contributed by atoms with E-state index < -0.39 is 17.9 Å². The molecule has 6 heteroatoms. The lowest BCUT2D eigenvalue weighted by molar-refractivity contribution is -0.139. The first-order valence-electron chi connectivity index (χ1n) is 6.75. The van der Waals surface area contributed by atoms with Crippen LogP contribution in [0.2, 0.25) is 0 Å². The zero-order valence-corrected chi connectivity index (χ0v) is 12.3. The first kappa shape index (κ1) is 17.4. The van der Waals surface area contributed by atoms with Gasteiger partial charge < -0.3 is 14.6 Å². The van der Waals surface area contributed by atoms with Gasteiger partial charge in [-0.2, -0.15) is 0 Å². The van der Waals surface area contributed by atoms with E-state index in [1.807, 2.05) is 0 Å². The summed E-state index contributed by atoms with van der Waals surface area (Å²) in [6, 6.07) is 5.49. The highest BCUT2D eigenvalue weighted by molar-refractivity contribution is 5.92. The van der Waals surface area contributed by atoms with Crippen LogP contribution in [0.3, 0.4) is 0 Å². The van der Waals surface area contributed by atoms with Crippen LogP contribution in [0.25, 0.3) is 0 Å². The maximum Gasteiger partial charge on any atom is 0.338 e. The first-order valence-corrected chi connectivity index (χ1v) is 6.75. The molecule has 0 amide bonds. The molecule has 0 atom stereocenters. The monoisotopic (exact) mass is 306 g/mol. The molecule has 1 N–H and O–H groups in total. The van der Waals surface area contributed by atoms with Crippen LogP contribution in [0.1, 0.15) is 40.5 Å². The Bertz CT molecular complexity index is 559. The van der Waals surface area contributed by atoms with E-state index in [4.69, 9.17) is 14.6 Å². The van der Waals surface area contributed by atoms with Gasteiger partial charge in [-0.15, -0.1) is 0 Å². The Morgan fingerprint density at radius 2 is 1.50 bits per heavy atom. The van der Waals surface area contributed by atoms with Crippen molar-refractivity contribution in [2.24, 2.45) is 0 Å². The molecule has 22 heavy (non-hydrogen) atoms. The van der Waals surface area contributed by atoms with Gasteiger partial charge in [0.05, 0.1) is 24.3 Å². The number of carbonyl (C=O) groups is 3. The summed E-state index contributed by atoms with van der Waals surface area (Å²) in [7, 11) is 0. The van der Waals surface area contributed by atoms with Crippen LogP contribution in [0.4, 0.5) is 0 Å². The quantitative estimate of drug-likeness (QED) is 0.451. The maximum atomic E-state index is 11.7. The lowest BCUT2D eigenvalue weighted by atomic mass is 10.1. The van der Waals surface area contributed by atoms with Crippen molar-refractivity contribution < 1.29 is 29.0 Å². The van der Waals surface area contributed by atoms with Crippen LogP contribution in [0.5, 0.6) is 0 Å². The highest BCUT2D eigenvalue weighted by atomic mass is 16.5. The summed E-state index contributed by atoms with van der Waals surface area (Å²) in [6.45, 7) is 5.48. The van der Waals surface area contributed by atoms with Gasteiger partial charge in [-0.3, -0.25) is 0 Å². The normalized spacial score (nSPS) is 9.86. The number of esters is 2. The van der Waals surface area contributed by atoms with Crippen molar-refractivity contribution in [3.8, 4) is 0 Å². The Balaban J connectivity index is 2.24. The minimum atomic E-state index is -1.05. The molecule has 6 nitrogen and oxygen atoms in total. The fourth-order valence-corrected chi connectivity index (χ4v) is 1.49. The number of hydrogen-bond donors (Lipinski definition) is 1. The molecule has 1 aromatic rings. The summed E-state index contributed by atoms with van der Waals surface area (Å²) in [6.07, 6.45) is 1.13. The van der Waals surface area contributed by atoms with Gasteiger partial charge in [0, 0.05) is 5.57 Å². The van der Waals surface area contributed by atoms with Gasteiger partial charge in [-0.05, 0) is 44.0 Å². The molecule has 0 fully saturated rings. The van der Waals surface area contributed by atoms with Crippen molar-refractivity contribution in [2.75, 3.05) is 13.2 Å². The van der Waals surface area contributed by atoms with Gasteiger partial charge in [0.1, 0.15) is 0 Å². The predicted molar refractivity (Wildman–Crippen MR) is 78.7 cm³/mol. The summed E-state index contributed by atoms with van der Waals surface area (Å²) in [5.74, 6) is -2.00. The average Bonchev–Trinajstić information content (AvgIpc) is 2.50. The molecule has 118 valence electrons. The number of carboxylic acid groups (broad SMARTS) is 1. The highest BCUT2D eigenvalue weighted by Gasteiger charge is 2.09.